The van der Waals surface area contributed by atoms with Crippen LogP contribution in [-0.2, 0) is 9.57 Å². The van der Waals surface area contributed by atoms with Gasteiger partial charge in [0.1, 0.15) is 5.92 Å². The van der Waals surface area contributed by atoms with Crippen molar-refractivity contribution in [3.05, 3.63) is 38.0 Å². The Morgan fingerprint density at radius 3 is 3.00 bits per heavy atom. The van der Waals surface area contributed by atoms with Gasteiger partial charge in [-0.25, -0.2) is 0 Å². The summed E-state index contributed by atoms with van der Waals surface area (Å²) in [5.74, 6) is -0.741. The fourth-order valence-corrected chi connectivity index (χ4v) is 2.41. The molecule has 2 aliphatic rings. The Morgan fingerprint density at radius 2 is 2.33 bits per heavy atom. The Bertz CT molecular complexity index is 664. The van der Waals surface area contributed by atoms with Crippen LogP contribution in [0.1, 0.15) is 30.7 Å². The number of ether oxygens (including phenoxy) is 1. The van der Waals surface area contributed by atoms with Crippen LogP contribution in [0.4, 0.5) is 0 Å². The SMILES string of the molecule is CCO[C@H]1C[C@@H]2C(=[N+]([O-])O1)C=C([N+](=O)[O-])c1no[n+]([O-])c12. The maximum Gasteiger partial charge on any atom is 0.333 e. The summed E-state index contributed by atoms with van der Waals surface area (Å²) in [6.45, 7) is 2.03. The minimum absolute atomic E-state index is 0.0575. The van der Waals surface area contributed by atoms with Gasteiger partial charge in [0.15, 0.2) is 6.29 Å². The number of fused-ring (bicyclic) bond motifs is 3. The van der Waals surface area contributed by atoms with Gasteiger partial charge < -0.3 is 14.8 Å². The largest absolute Gasteiger partial charge is 0.372 e. The van der Waals surface area contributed by atoms with Crippen LogP contribution in [0.2, 0.25) is 0 Å². The predicted octanol–water partition coefficient (Wildman–Crippen LogP) is -0.328. The van der Waals surface area contributed by atoms with Crippen LogP contribution in [-0.4, -0.2) is 33.6 Å². The Labute approximate surface area is 116 Å². The normalized spacial score (nSPS) is 24.0. The van der Waals surface area contributed by atoms with Gasteiger partial charge in [-0.1, -0.05) is 0 Å². The number of nitro groups is 1. The van der Waals surface area contributed by atoms with E-state index in [0.717, 1.165) is 6.08 Å². The predicted molar refractivity (Wildman–Crippen MR) is 62.9 cm³/mol. The van der Waals surface area contributed by atoms with Gasteiger partial charge in [0, 0.05) is 17.9 Å². The number of allylic oxidation sites excluding steroid dienone is 1. The monoisotopic (exact) mass is 298 g/mol. The van der Waals surface area contributed by atoms with Gasteiger partial charge in [0.25, 0.3) is 5.71 Å². The van der Waals surface area contributed by atoms with Crippen molar-refractivity contribution in [3.8, 4) is 0 Å². The third-order valence-electron chi connectivity index (χ3n) is 3.26. The molecule has 0 bridgehead atoms. The zero-order chi connectivity index (χ0) is 15.1. The van der Waals surface area contributed by atoms with Crippen molar-refractivity contribution in [1.29, 1.82) is 0 Å². The van der Waals surface area contributed by atoms with E-state index in [1.54, 1.807) is 6.92 Å². The lowest BCUT2D eigenvalue weighted by atomic mass is 9.87. The molecule has 0 aromatic carbocycles. The van der Waals surface area contributed by atoms with Gasteiger partial charge in [-0.05, 0) is 11.8 Å². The molecule has 21 heavy (non-hydrogen) atoms. The molecular weight excluding hydrogens is 288 g/mol. The molecule has 11 heteroatoms. The average molecular weight is 298 g/mol. The van der Waals surface area contributed by atoms with Crippen LogP contribution in [0.15, 0.2) is 10.7 Å². The van der Waals surface area contributed by atoms with Gasteiger partial charge in [-0.15, -0.1) is 0 Å². The number of hydrogen-bond acceptors (Lipinski definition) is 8. The highest BCUT2D eigenvalue weighted by molar-refractivity contribution is 6.03. The number of hydrogen-bond donors (Lipinski definition) is 0. The van der Waals surface area contributed by atoms with E-state index in [0.29, 0.717) is 6.61 Å². The van der Waals surface area contributed by atoms with E-state index in [4.69, 9.17) is 9.57 Å². The summed E-state index contributed by atoms with van der Waals surface area (Å²) < 4.78 is 9.64. The van der Waals surface area contributed by atoms with Gasteiger partial charge in [0.05, 0.1) is 16.2 Å². The Hall–Kier alpha value is -2.69. The Balaban J connectivity index is 2.13. The lowest BCUT2D eigenvalue weighted by Crippen LogP contribution is -2.43. The third-order valence-corrected chi connectivity index (χ3v) is 3.26. The first-order valence-corrected chi connectivity index (χ1v) is 6.11. The number of aromatic nitrogens is 2. The van der Waals surface area contributed by atoms with Crippen LogP contribution in [0.3, 0.4) is 0 Å². The molecule has 1 aliphatic heterocycles. The van der Waals surface area contributed by atoms with Crippen LogP contribution < -0.4 is 4.90 Å². The lowest BCUT2D eigenvalue weighted by molar-refractivity contribution is -0.810. The first-order chi connectivity index (χ1) is 10.0. The van der Waals surface area contributed by atoms with Crippen LogP contribution >= 0.6 is 0 Å². The molecule has 2 heterocycles. The molecule has 112 valence electrons. The molecule has 1 aliphatic carbocycles. The van der Waals surface area contributed by atoms with Crippen molar-refractivity contribution < 1.29 is 28.9 Å². The minimum Gasteiger partial charge on any atom is -0.372 e. The second kappa shape index (κ2) is 4.70. The molecule has 0 spiro atoms. The molecule has 0 saturated carbocycles. The molecule has 11 nitrogen and oxygen atoms in total. The fraction of sp³-hybridized carbons (Fsp3) is 0.500. The van der Waals surface area contributed by atoms with Crippen LogP contribution in [0.5, 0.6) is 0 Å². The summed E-state index contributed by atoms with van der Waals surface area (Å²) in [6, 6.07) is 0. The highest BCUT2D eigenvalue weighted by Gasteiger charge is 2.49. The Kier molecular flexibility index (Phi) is 2.97. The smallest absolute Gasteiger partial charge is 0.333 e. The summed E-state index contributed by atoms with van der Waals surface area (Å²) in [7, 11) is 0. The first kappa shape index (κ1) is 13.3. The minimum atomic E-state index is -0.852. The first-order valence-electron chi connectivity index (χ1n) is 6.11. The maximum absolute atomic E-state index is 11.9. The van der Waals surface area contributed by atoms with E-state index in [1.807, 2.05) is 0 Å². The second-order valence-electron chi connectivity index (χ2n) is 4.41. The summed E-state index contributed by atoms with van der Waals surface area (Å²) in [5.41, 5.74) is -0.825. The lowest BCUT2D eigenvalue weighted by Gasteiger charge is -2.28. The van der Waals surface area contributed by atoms with Gasteiger partial charge >= 0.3 is 11.4 Å². The molecule has 0 saturated heterocycles. The summed E-state index contributed by atoms with van der Waals surface area (Å²) in [6.07, 6.45) is 0.333. The molecule has 0 amide bonds. The highest BCUT2D eigenvalue weighted by Crippen LogP contribution is 2.35. The maximum atomic E-state index is 11.9. The van der Waals surface area contributed by atoms with E-state index in [9.17, 15) is 20.5 Å². The van der Waals surface area contributed by atoms with E-state index in [2.05, 4.69) is 9.79 Å². The topological polar surface area (TPSA) is 141 Å². The van der Waals surface area contributed by atoms with E-state index in [-0.39, 0.29) is 33.3 Å². The van der Waals surface area contributed by atoms with Crippen LogP contribution in [0.25, 0.3) is 5.70 Å². The van der Waals surface area contributed by atoms with Gasteiger partial charge in [-0.2, -0.15) is 0 Å². The highest BCUT2D eigenvalue weighted by atomic mass is 16.9. The van der Waals surface area contributed by atoms with Crippen molar-refractivity contribution in [3.63, 3.8) is 0 Å². The second-order valence-corrected chi connectivity index (χ2v) is 4.41. The van der Waals surface area contributed by atoms with E-state index in [1.165, 1.54) is 0 Å². The summed E-state index contributed by atoms with van der Waals surface area (Å²) in [4.78, 5) is 15.4. The molecule has 0 N–H and O–H groups in total. The number of nitrogens with zero attached hydrogens (tertiary/aromatic N) is 4. The molecule has 0 unspecified atom stereocenters. The number of rotatable bonds is 3. The zero-order valence-electron chi connectivity index (χ0n) is 10.8. The van der Waals surface area contributed by atoms with Crippen molar-refractivity contribution in [2.45, 2.75) is 25.6 Å². The van der Waals surface area contributed by atoms with E-state index < -0.39 is 22.8 Å². The van der Waals surface area contributed by atoms with Crippen molar-refractivity contribution in [2.24, 2.45) is 0 Å². The molecular formula is C10H10N4O7. The van der Waals surface area contributed by atoms with Crippen molar-refractivity contribution in [2.75, 3.05) is 6.61 Å². The van der Waals surface area contributed by atoms with Gasteiger partial charge in [-0.3, -0.25) is 20.0 Å². The van der Waals surface area contributed by atoms with Gasteiger partial charge in [0.2, 0.25) is 5.69 Å². The standard InChI is InChI=1S/C10H10N4O7/c1-2-19-8-3-5-6(13(17)20-8)4-7(12(15)16)9-10(5)14(18)21-11-9/h4-5,8H,2-3H2,1H3/t5-,8-/m1/s1. The molecule has 0 fully saturated rings. The fourth-order valence-electron chi connectivity index (χ4n) is 2.41. The Morgan fingerprint density at radius 1 is 1.57 bits per heavy atom. The average Bonchev–Trinajstić information content (AvgIpc) is 2.81. The van der Waals surface area contributed by atoms with Crippen LogP contribution in [0, 0.1) is 20.5 Å². The van der Waals surface area contributed by atoms with Crippen molar-refractivity contribution in [1.82, 2.24) is 5.16 Å². The molecule has 0 radical (unpaired) electrons. The third kappa shape index (κ3) is 1.98. The van der Waals surface area contributed by atoms with E-state index >= 15 is 0 Å². The molecule has 1 aromatic heterocycles. The zero-order valence-corrected chi connectivity index (χ0v) is 10.8. The summed E-state index contributed by atoms with van der Waals surface area (Å²) >= 11 is 0. The van der Waals surface area contributed by atoms with Crippen molar-refractivity contribution >= 4 is 11.4 Å². The molecule has 1 aromatic rings. The molecule has 2 atom stereocenters. The molecule has 3 rings (SSSR count). The quantitative estimate of drug-likeness (QED) is 0.419. The summed E-state index contributed by atoms with van der Waals surface area (Å²) in [5, 5.41) is 38.0.